The normalized spacial score (nSPS) is 12.8. The van der Waals surface area contributed by atoms with E-state index >= 15 is 0 Å². The maximum atomic E-state index is 12.4. The summed E-state index contributed by atoms with van der Waals surface area (Å²) in [5.41, 5.74) is 3.91. The minimum absolute atomic E-state index is 0.301. The molecule has 12 nitrogen and oxygen atoms in total. The van der Waals surface area contributed by atoms with Gasteiger partial charge in [0.05, 0.1) is 45.0 Å². The largest absolute Gasteiger partial charge is 0.495 e. The fraction of sp³-hybridized carbons (Fsp3) is 0.267. The molecular weight excluding hydrogens is 572 g/mol. The molecule has 4 N–H and O–H groups in total. The third-order valence-electron chi connectivity index (χ3n) is 6.67. The molecule has 0 saturated carbocycles. The molecule has 0 atom stereocenters. The number of halogens is 1. The number of para-hydroxylation sites is 1. The first-order valence-corrected chi connectivity index (χ1v) is 14.1. The van der Waals surface area contributed by atoms with Gasteiger partial charge in [0.1, 0.15) is 22.2 Å². The average Bonchev–Trinajstić information content (AvgIpc) is 3.04. The first kappa shape index (κ1) is 29.7. The van der Waals surface area contributed by atoms with Crippen LogP contribution in [0.25, 0.3) is 0 Å². The summed E-state index contributed by atoms with van der Waals surface area (Å²) in [6.45, 7) is 3.20. The number of urea groups is 1. The van der Waals surface area contributed by atoms with Crippen molar-refractivity contribution in [2.45, 2.75) is 6.42 Å². The SMILES string of the molecule is COc1cc(NC(=O)NCCc2cccnc2)ccc1Nc1ncc(Cl)c(Nc2cccc(OC)c2N2CCOCC2)n1. The number of pyridine rings is 1. The van der Waals surface area contributed by atoms with Crippen LogP contribution in [0.5, 0.6) is 11.5 Å². The number of benzene rings is 2. The quantitative estimate of drug-likeness (QED) is 0.180. The summed E-state index contributed by atoms with van der Waals surface area (Å²) in [6, 6.07) is 14.5. The monoisotopic (exact) mass is 604 g/mol. The van der Waals surface area contributed by atoms with E-state index in [1.54, 1.807) is 44.8 Å². The lowest BCUT2D eigenvalue weighted by molar-refractivity contribution is 0.122. The smallest absolute Gasteiger partial charge is 0.319 e. The maximum Gasteiger partial charge on any atom is 0.319 e. The number of carbonyl (C=O) groups excluding carboxylic acids is 1. The van der Waals surface area contributed by atoms with Gasteiger partial charge in [-0.1, -0.05) is 23.7 Å². The number of ether oxygens (including phenoxy) is 3. The van der Waals surface area contributed by atoms with Crippen molar-refractivity contribution >= 4 is 52.1 Å². The summed E-state index contributed by atoms with van der Waals surface area (Å²) >= 11 is 6.51. The molecule has 1 fully saturated rings. The minimum atomic E-state index is -0.322. The second-order valence-corrected chi connectivity index (χ2v) is 9.91. The van der Waals surface area contributed by atoms with Crippen LogP contribution >= 0.6 is 11.6 Å². The molecule has 0 unspecified atom stereocenters. The number of amides is 2. The summed E-state index contributed by atoms with van der Waals surface area (Å²) < 4.78 is 16.8. The van der Waals surface area contributed by atoms with Gasteiger partial charge in [0, 0.05) is 43.8 Å². The molecule has 0 aliphatic carbocycles. The van der Waals surface area contributed by atoms with Crippen LogP contribution < -0.4 is 35.6 Å². The highest BCUT2D eigenvalue weighted by Gasteiger charge is 2.20. The number of aromatic nitrogens is 3. The predicted molar refractivity (Wildman–Crippen MR) is 168 cm³/mol. The Balaban J connectivity index is 1.27. The molecule has 1 aliphatic rings. The van der Waals surface area contributed by atoms with Crippen LogP contribution in [-0.2, 0) is 11.2 Å². The van der Waals surface area contributed by atoms with E-state index in [-0.39, 0.29) is 6.03 Å². The van der Waals surface area contributed by atoms with Crippen molar-refractivity contribution in [2.24, 2.45) is 0 Å². The Morgan fingerprint density at radius 1 is 1.00 bits per heavy atom. The Labute approximate surface area is 254 Å². The number of rotatable bonds is 11. The Hall–Kier alpha value is -4.81. The van der Waals surface area contributed by atoms with Crippen molar-refractivity contribution < 1.29 is 19.0 Å². The van der Waals surface area contributed by atoms with Gasteiger partial charge in [-0.15, -0.1) is 0 Å². The highest BCUT2D eigenvalue weighted by atomic mass is 35.5. The van der Waals surface area contributed by atoms with Crippen LogP contribution in [0.1, 0.15) is 5.56 Å². The van der Waals surface area contributed by atoms with Gasteiger partial charge in [-0.2, -0.15) is 4.98 Å². The highest BCUT2D eigenvalue weighted by molar-refractivity contribution is 6.33. The van der Waals surface area contributed by atoms with Crippen molar-refractivity contribution in [3.05, 3.63) is 77.7 Å². The third kappa shape index (κ3) is 7.73. The third-order valence-corrected chi connectivity index (χ3v) is 6.95. The lowest BCUT2D eigenvalue weighted by atomic mass is 10.2. The molecule has 2 amide bonds. The Bertz CT molecular complexity index is 1540. The molecule has 5 rings (SSSR count). The van der Waals surface area contributed by atoms with E-state index in [4.69, 9.17) is 25.8 Å². The number of morpholine rings is 1. The topological polar surface area (TPSA) is 135 Å². The molecule has 224 valence electrons. The van der Waals surface area contributed by atoms with Crippen LogP contribution in [-0.4, -0.2) is 68.1 Å². The van der Waals surface area contributed by atoms with Gasteiger partial charge in [-0.05, 0) is 42.3 Å². The Kier molecular flexibility index (Phi) is 9.93. The lowest BCUT2D eigenvalue weighted by Crippen LogP contribution is -2.36. The molecule has 1 saturated heterocycles. The van der Waals surface area contributed by atoms with Crippen LogP contribution in [0.15, 0.2) is 67.1 Å². The van der Waals surface area contributed by atoms with E-state index in [0.717, 1.165) is 35.8 Å². The average molecular weight is 605 g/mol. The van der Waals surface area contributed by atoms with Gasteiger partial charge in [-0.3, -0.25) is 4.98 Å². The van der Waals surface area contributed by atoms with Crippen molar-refractivity contribution in [1.29, 1.82) is 0 Å². The molecule has 0 bridgehead atoms. The minimum Gasteiger partial charge on any atom is -0.495 e. The molecule has 2 aromatic heterocycles. The number of nitrogens with zero attached hydrogens (tertiary/aromatic N) is 4. The van der Waals surface area contributed by atoms with Crippen molar-refractivity contribution in [3.8, 4) is 11.5 Å². The molecule has 0 spiro atoms. The fourth-order valence-corrected chi connectivity index (χ4v) is 4.72. The second-order valence-electron chi connectivity index (χ2n) is 9.50. The zero-order valence-corrected chi connectivity index (χ0v) is 24.6. The molecule has 4 aromatic rings. The molecule has 2 aromatic carbocycles. The molecule has 1 aliphatic heterocycles. The maximum absolute atomic E-state index is 12.4. The van der Waals surface area contributed by atoms with Crippen LogP contribution in [0, 0.1) is 0 Å². The number of nitrogens with one attached hydrogen (secondary N) is 4. The van der Waals surface area contributed by atoms with E-state index in [2.05, 4.69) is 41.1 Å². The van der Waals surface area contributed by atoms with Crippen LogP contribution in [0.3, 0.4) is 0 Å². The van der Waals surface area contributed by atoms with Gasteiger partial charge >= 0.3 is 6.03 Å². The van der Waals surface area contributed by atoms with Crippen LogP contribution in [0.2, 0.25) is 5.02 Å². The molecule has 43 heavy (non-hydrogen) atoms. The highest BCUT2D eigenvalue weighted by Crippen LogP contribution is 2.39. The first-order valence-electron chi connectivity index (χ1n) is 13.7. The van der Waals surface area contributed by atoms with Gasteiger partial charge in [-0.25, -0.2) is 9.78 Å². The summed E-state index contributed by atoms with van der Waals surface area (Å²) in [5, 5.41) is 12.5. The molecular formula is C30H33ClN8O4. The van der Waals surface area contributed by atoms with Crippen LogP contribution in [0.4, 0.5) is 39.3 Å². The van der Waals surface area contributed by atoms with Crippen molar-refractivity contribution in [1.82, 2.24) is 20.3 Å². The second kappa shape index (κ2) is 14.4. The van der Waals surface area contributed by atoms with E-state index < -0.39 is 0 Å². The standard InChI is InChI=1S/C30H33ClN8O4/c1-41-25-7-3-6-24(27(25)39-13-15-43-16-14-39)36-28-22(31)19-34-29(38-28)37-23-9-8-21(17-26(23)42-2)35-30(40)33-12-10-20-5-4-11-32-18-20/h3-9,11,17-19H,10,12-16H2,1-2H3,(H2,33,35,40)(H2,34,36,37,38). The van der Waals surface area contributed by atoms with E-state index in [9.17, 15) is 4.79 Å². The summed E-state index contributed by atoms with van der Waals surface area (Å²) in [6.07, 6.45) is 5.69. The number of hydrogen-bond donors (Lipinski definition) is 4. The summed E-state index contributed by atoms with van der Waals surface area (Å²) in [5.74, 6) is 1.94. The summed E-state index contributed by atoms with van der Waals surface area (Å²) in [7, 11) is 3.19. The van der Waals surface area contributed by atoms with Gasteiger partial charge < -0.3 is 40.4 Å². The summed E-state index contributed by atoms with van der Waals surface area (Å²) in [4.78, 5) is 27.7. The Morgan fingerprint density at radius 2 is 1.84 bits per heavy atom. The van der Waals surface area contributed by atoms with Gasteiger partial charge in [0.2, 0.25) is 5.95 Å². The number of anilines is 6. The molecule has 13 heteroatoms. The zero-order chi connectivity index (χ0) is 30.0. The molecule has 3 heterocycles. The number of hydrogen-bond acceptors (Lipinski definition) is 10. The first-order chi connectivity index (χ1) is 21.0. The lowest BCUT2D eigenvalue weighted by Gasteiger charge is -2.31. The van der Waals surface area contributed by atoms with Gasteiger partial charge in [0.15, 0.2) is 5.82 Å². The van der Waals surface area contributed by atoms with E-state index in [1.165, 1.54) is 6.20 Å². The number of methoxy groups -OCH3 is 2. The van der Waals surface area contributed by atoms with Crippen molar-refractivity contribution in [3.63, 3.8) is 0 Å². The predicted octanol–water partition coefficient (Wildman–Crippen LogP) is 5.23. The number of carbonyl (C=O) groups is 1. The molecule has 0 radical (unpaired) electrons. The van der Waals surface area contributed by atoms with E-state index in [0.29, 0.717) is 60.1 Å². The van der Waals surface area contributed by atoms with Gasteiger partial charge in [0.25, 0.3) is 0 Å². The van der Waals surface area contributed by atoms with Crippen molar-refractivity contribution in [2.75, 3.05) is 67.9 Å². The van der Waals surface area contributed by atoms with E-state index in [1.807, 2.05) is 30.3 Å². The fourth-order valence-electron chi connectivity index (χ4n) is 4.58. The zero-order valence-electron chi connectivity index (χ0n) is 23.9. The Morgan fingerprint density at radius 3 is 2.60 bits per heavy atom.